The van der Waals surface area contributed by atoms with Gasteiger partial charge in [-0.2, -0.15) is 0 Å². The quantitative estimate of drug-likeness (QED) is 0.320. The molecule has 0 amide bonds. The number of carbonyl (C=O) groups is 6. The van der Waals surface area contributed by atoms with Crippen LogP contribution in [0.2, 0.25) is 0 Å². The molecule has 1 aliphatic carbocycles. The summed E-state index contributed by atoms with van der Waals surface area (Å²) in [5.74, 6) is -5.33. The molecule has 41 heavy (non-hydrogen) atoms. The summed E-state index contributed by atoms with van der Waals surface area (Å²) in [6.07, 6.45) is -7.43. The molecular formula is C28H26O13. The average Bonchev–Trinajstić information content (AvgIpc) is 2.89. The molecule has 216 valence electrons. The summed E-state index contributed by atoms with van der Waals surface area (Å²) in [5, 5.41) is 11.1. The first-order valence-electron chi connectivity index (χ1n) is 12.4. The summed E-state index contributed by atoms with van der Waals surface area (Å²) in [4.78, 5) is 73.7. The van der Waals surface area contributed by atoms with E-state index >= 15 is 0 Å². The highest BCUT2D eigenvalue weighted by atomic mass is 16.7. The van der Waals surface area contributed by atoms with E-state index in [4.69, 9.17) is 28.4 Å². The van der Waals surface area contributed by atoms with Gasteiger partial charge in [-0.25, -0.2) is 0 Å². The normalized spacial score (nSPS) is 23.0. The summed E-state index contributed by atoms with van der Waals surface area (Å²) in [7, 11) is 0. The minimum Gasteiger partial charge on any atom is -0.504 e. The lowest BCUT2D eigenvalue weighted by molar-refractivity contribution is -0.288. The molecule has 2 aromatic carbocycles. The zero-order valence-corrected chi connectivity index (χ0v) is 22.4. The van der Waals surface area contributed by atoms with Gasteiger partial charge in [-0.3, -0.25) is 28.8 Å². The Balaban J connectivity index is 1.76. The summed E-state index contributed by atoms with van der Waals surface area (Å²) in [5.41, 5.74) is -0.0978. The van der Waals surface area contributed by atoms with Crippen LogP contribution in [0.15, 0.2) is 36.4 Å². The predicted molar refractivity (Wildman–Crippen MR) is 134 cm³/mol. The number of carbonyl (C=O) groups excluding carboxylic acids is 6. The van der Waals surface area contributed by atoms with Gasteiger partial charge in [-0.15, -0.1) is 0 Å². The van der Waals surface area contributed by atoms with Crippen LogP contribution < -0.4 is 4.74 Å². The fourth-order valence-corrected chi connectivity index (χ4v) is 4.65. The maximum atomic E-state index is 13.2. The second-order valence-electron chi connectivity index (χ2n) is 9.22. The van der Waals surface area contributed by atoms with Crippen LogP contribution in [0, 0.1) is 0 Å². The molecule has 0 unspecified atom stereocenters. The number of benzene rings is 2. The SMILES string of the molecule is CC(=O)OC[C@H]1O[C@@H](Oc2ccc3c(c2O)C(=O)c2ccccc2C3=O)[C@H](OC(C)=O)[C@@H](OC(C)=O)[C@H]1OC(C)=O. The van der Waals surface area contributed by atoms with Gasteiger partial charge in [0.2, 0.25) is 12.4 Å². The number of ketones is 2. The van der Waals surface area contributed by atoms with Crippen LogP contribution in [0.1, 0.15) is 59.5 Å². The maximum absolute atomic E-state index is 13.2. The van der Waals surface area contributed by atoms with Crippen LogP contribution in [-0.2, 0) is 42.9 Å². The Hall–Kier alpha value is -4.78. The molecular weight excluding hydrogens is 544 g/mol. The number of esters is 4. The summed E-state index contributed by atoms with van der Waals surface area (Å²) in [6, 6.07) is 8.62. The van der Waals surface area contributed by atoms with Crippen LogP contribution in [0.25, 0.3) is 0 Å². The molecule has 1 N–H and O–H groups in total. The molecule has 0 radical (unpaired) electrons. The Bertz CT molecular complexity index is 1430. The van der Waals surface area contributed by atoms with Crippen molar-refractivity contribution < 1.29 is 62.3 Å². The molecule has 0 bridgehead atoms. The first-order chi connectivity index (χ1) is 19.4. The van der Waals surface area contributed by atoms with E-state index in [1.54, 1.807) is 12.1 Å². The van der Waals surface area contributed by atoms with Gasteiger partial charge in [0.15, 0.2) is 35.3 Å². The van der Waals surface area contributed by atoms with E-state index in [0.717, 1.165) is 27.7 Å². The number of hydrogen-bond acceptors (Lipinski definition) is 13. The predicted octanol–water partition coefficient (Wildman–Crippen LogP) is 1.63. The van der Waals surface area contributed by atoms with E-state index < -0.39 is 78.5 Å². The number of ether oxygens (including phenoxy) is 6. The summed E-state index contributed by atoms with van der Waals surface area (Å²) < 4.78 is 32.8. The standard InChI is InChI=1S/C28H26O13/c1-12(29)36-11-20-25(37-13(2)30)26(38-14(3)31)27(39-15(4)32)28(41-20)40-19-10-9-18-21(24(19)35)23(34)17-8-6-5-7-16(17)22(18)33/h5-10,20,25-28,35H,11H2,1-4H3/t20-,25+,26+,27-,28-/m1/s1. The van der Waals surface area contributed by atoms with Gasteiger partial charge in [-0.1, -0.05) is 24.3 Å². The molecule has 1 fully saturated rings. The highest BCUT2D eigenvalue weighted by Gasteiger charge is 2.53. The van der Waals surface area contributed by atoms with Crippen LogP contribution in [0.4, 0.5) is 0 Å². The Labute approximate surface area is 233 Å². The van der Waals surface area contributed by atoms with Crippen molar-refractivity contribution >= 4 is 35.4 Å². The second kappa shape index (κ2) is 11.8. The van der Waals surface area contributed by atoms with Crippen LogP contribution in [-0.4, -0.2) is 77.9 Å². The van der Waals surface area contributed by atoms with Crippen molar-refractivity contribution in [2.75, 3.05) is 6.61 Å². The zero-order valence-electron chi connectivity index (χ0n) is 22.4. The van der Waals surface area contributed by atoms with E-state index in [2.05, 4.69) is 0 Å². The fraction of sp³-hybridized carbons (Fsp3) is 0.357. The Morgan fingerprint density at radius 1 is 0.732 bits per heavy atom. The molecule has 1 heterocycles. The van der Waals surface area contributed by atoms with Gasteiger partial charge < -0.3 is 33.5 Å². The topological polar surface area (TPSA) is 178 Å². The van der Waals surface area contributed by atoms with Crippen molar-refractivity contribution in [2.24, 2.45) is 0 Å². The van der Waals surface area contributed by atoms with Gasteiger partial charge in [0.25, 0.3) is 0 Å². The smallest absolute Gasteiger partial charge is 0.303 e. The van der Waals surface area contributed by atoms with Crippen molar-refractivity contribution in [3.8, 4) is 11.5 Å². The van der Waals surface area contributed by atoms with Crippen molar-refractivity contribution in [1.29, 1.82) is 0 Å². The monoisotopic (exact) mass is 570 g/mol. The fourth-order valence-electron chi connectivity index (χ4n) is 4.65. The van der Waals surface area contributed by atoms with Crippen LogP contribution in [0.3, 0.4) is 0 Å². The van der Waals surface area contributed by atoms with E-state index in [9.17, 15) is 33.9 Å². The van der Waals surface area contributed by atoms with Gasteiger partial charge in [-0.05, 0) is 12.1 Å². The number of phenols is 1. The van der Waals surface area contributed by atoms with E-state index in [1.165, 1.54) is 24.3 Å². The molecule has 0 spiro atoms. The molecule has 4 rings (SSSR count). The second-order valence-corrected chi connectivity index (χ2v) is 9.22. The molecule has 1 aliphatic heterocycles. The minimum atomic E-state index is -1.65. The number of rotatable bonds is 7. The first-order valence-corrected chi connectivity index (χ1v) is 12.4. The highest BCUT2D eigenvalue weighted by molar-refractivity contribution is 6.29. The van der Waals surface area contributed by atoms with E-state index in [1.807, 2.05) is 0 Å². The minimum absolute atomic E-state index is 0.0555. The molecule has 13 nitrogen and oxygen atoms in total. The molecule has 13 heteroatoms. The van der Waals surface area contributed by atoms with E-state index in [0.29, 0.717) is 0 Å². The van der Waals surface area contributed by atoms with E-state index in [-0.39, 0.29) is 28.0 Å². The van der Waals surface area contributed by atoms with Crippen molar-refractivity contribution in [3.63, 3.8) is 0 Å². The Morgan fingerprint density at radius 2 is 1.29 bits per heavy atom. The molecule has 0 saturated carbocycles. The first kappa shape index (κ1) is 29.2. The van der Waals surface area contributed by atoms with Crippen LogP contribution in [0.5, 0.6) is 11.5 Å². The van der Waals surface area contributed by atoms with Gasteiger partial charge in [0, 0.05) is 44.4 Å². The molecule has 2 aliphatic rings. The number of hydrogen-bond donors (Lipinski definition) is 1. The largest absolute Gasteiger partial charge is 0.504 e. The maximum Gasteiger partial charge on any atom is 0.303 e. The molecule has 2 aromatic rings. The van der Waals surface area contributed by atoms with Gasteiger partial charge in [0.1, 0.15) is 12.7 Å². The summed E-state index contributed by atoms with van der Waals surface area (Å²) >= 11 is 0. The third-order valence-corrected chi connectivity index (χ3v) is 6.22. The lowest BCUT2D eigenvalue weighted by atomic mass is 9.83. The van der Waals surface area contributed by atoms with Gasteiger partial charge in [0.05, 0.1) is 5.56 Å². The van der Waals surface area contributed by atoms with Gasteiger partial charge >= 0.3 is 23.9 Å². The molecule has 0 aromatic heterocycles. The summed E-state index contributed by atoms with van der Waals surface area (Å²) in [6.45, 7) is 3.85. The third-order valence-electron chi connectivity index (χ3n) is 6.22. The number of phenolic OH excluding ortho intramolecular Hbond substituents is 1. The lowest BCUT2D eigenvalue weighted by Crippen LogP contribution is -2.63. The third kappa shape index (κ3) is 6.04. The Kier molecular flexibility index (Phi) is 8.38. The Morgan fingerprint density at radius 3 is 1.88 bits per heavy atom. The molecule has 1 saturated heterocycles. The lowest BCUT2D eigenvalue weighted by Gasteiger charge is -2.44. The van der Waals surface area contributed by atoms with Crippen molar-refractivity contribution in [1.82, 2.24) is 0 Å². The average molecular weight is 571 g/mol. The van der Waals surface area contributed by atoms with Crippen molar-refractivity contribution in [2.45, 2.75) is 58.4 Å². The van der Waals surface area contributed by atoms with Crippen molar-refractivity contribution in [3.05, 3.63) is 58.7 Å². The number of aromatic hydroxyl groups is 1. The zero-order chi connectivity index (χ0) is 30.0. The molecule has 5 atom stereocenters. The number of fused-ring (bicyclic) bond motifs is 2. The highest BCUT2D eigenvalue weighted by Crippen LogP contribution is 2.40. The van der Waals surface area contributed by atoms with Crippen LogP contribution >= 0.6 is 0 Å².